The van der Waals surface area contributed by atoms with Crippen LogP contribution in [0.2, 0.25) is 0 Å². The molecule has 1 aromatic heterocycles. The summed E-state index contributed by atoms with van der Waals surface area (Å²) in [5.74, 6) is 0.704. The van der Waals surface area contributed by atoms with Crippen LogP contribution in [0.1, 0.15) is 29.3 Å². The average Bonchev–Trinajstić information content (AvgIpc) is 3.17. The van der Waals surface area contributed by atoms with E-state index in [1.54, 1.807) is 19.1 Å². The molecule has 0 spiro atoms. The van der Waals surface area contributed by atoms with Gasteiger partial charge in [0.2, 0.25) is 10.0 Å². The Kier molecular flexibility index (Phi) is 3.68. The fraction of sp³-hybridized carbons (Fsp3) is 0.357. The molecule has 0 saturated carbocycles. The lowest BCUT2D eigenvalue weighted by Gasteiger charge is -2.17. The van der Waals surface area contributed by atoms with Gasteiger partial charge in [-0.1, -0.05) is 12.1 Å². The second-order valence-corrected chi connectivity index (χ2v) is 7.19. The summed E-state index contributed by atoms with van der Waals surface area (Å²) in [4.78, 5) is 4.17. The molecular formula is C14H15N5O2S. The molecule has 22 heavy (non-hydrogen) atoms. The molecule has 1 fully saturated rings. The van der Waals surface area contributed by atoms with E-state index >= 15 is 0 Å². The number of hydrogen-bond acceptors (Lipinski definition) is 5. The van der Waals surface area contributed by atoms with E-state index in [0.717, 1.165) is 0 Å². The minimum Gasteiger partial charge on any atom is -0.263 e. The Bertz CT molecular complexity index is 823. The van der Waals surface area contributed by atoms with E-state index in [0.29, 0.717) is 30.9 Å². The fourth-order valence-electron chi connectivity index (χ4n) is 2.72. The zero-order chi connectivity index (χ0) is 15.7. The van der Waals surface area contributed by atoms with Gasteiger partial charge in [-0.2, -0.15) is 14.7 Å². The van der Waals surface area contributed by atoms with Gasteiger partial charge in [0.25, 0.3) is 0 Å². The largest absolute Gasteiger partial charge is 0.263 e. The van der Waals surface area contributed by atoms with Crippen LogP contribution in [0, 0.1) is 18.3 Å². The van der Waals surface area contributed by atoms with Gasteiger partial charge in [-0.25, -0.2) is 13.4 Å². The number of aromatic nitrogens is 3. The van der Waals surface area contributed by atoms with Crippen molar-refractivity contribution >= 4 is 10.0 Å². The van der Waals surface area contributed by atoms with Crippen LogP contribution in [0.15, 0.2) is 29.4 Å². The van der Waals surface area contributed by atoms with E-state index < -0.39 is 10.0 Å². The summed E-state index contributed by atoms with van der Waals surface area (Å²) in [6.45, 7) is 2.49. The first-order chi connectivity index (χ1) is 10.5. The molecule has 1 aliphatic heterocycles. The van der Waals surface area contributed by atoms with Gasteiger partial charge in [0.05, 0.1) is 5.56 Å². The van der Waals surface area contributed by atoms with Gasteiger partial charge in [-0.05, 0) is 25.0 Å². The highest BCUT2D eigenvalue weighted by Gasteiger charge is 2.35. The molecule has 1 saturated heterocycles. The maximum atomic E-state index is 12.8. The second kappa shape index (κ2) is 5.51. The van der Waals surface area contributed by atoms with E-state index in [-0.39, 0.29) is 16.4 Å². The zero-order valence-corrected chi connectivity index (χ0v) is 12.8. The van der Waals surface area contributed by atoms with E-state index in [1.807, 2.05) is 6.07 Å². The number of benzene rings is 1. The van der Waals surface area contributed by atoms with Crippen molar-refractivity contribution in [2.45, 2.75) is 24.2 Å². The molecule has 0 bridgehead atoms. The van der Waals surface area contributed by atoms with E-state index in [1.165, 1.54) is 16.7 Å². The van der Waals surface area contributed by atoms with Crippen LogP contribution in [0.3, 0.4) is 0 Å². The van der Waals surface area contributed by atoms with E-state index in [4.69, 9.17) is 0 Å². The molecule has 8 heteroatoms. The summed E-state index contributed by atoms with van der Waals surface area (Å²) in [6.07, 6.45) is 2.10. The van der Waals surface area contributed by atoms with E-state index in [2.05, 4.69) is 15.2 Å². The predicted octanol–water partition coefficient (Wildman–Crippen LogP) is 1.16. The Morgan fingerprint density at radius 1 is 1.45 bits per heavy atom. The maximum absolute atomic E-state index is 12.8. The summed E-state index contributed by atoms with van der Waals surface area (Å²) < 4.78 is 27.0. The Morgan fingerprint density at radius 2 is 2.27 bits per heavy atom. The van der Waals surface area contributed by atoms with Crippen LogP contribution in [-0.2, 0) is 10.0 Å². The third-order valence-corrected chi connectivity index (χ3v) is 5.84. The number of H-pyrrole nitrogens is 1. The van der Waals surface area contributed by atoms with Crippen molar-refractivity contribution < 1.29 is 8.42 Å². The summed E-state index contributed by atoms with van der Waals surface area (Å²) in [5.41, 5.74) is 0.875. The molecule has 1 aromatic carbocycles. The smallest absolute Gasteiger partial charge is 0.244 e. The number of nitriles is 1. The van der Waals surface area contributed by atoms with Crippen LogP contribution in [0.25, 0.3) is 0 Å². The van der Waals surface area contributed by atoms with Gasteiger partial charge < -0.3 is 0 Å². The van der Waals surface area contributed by atoms with Gasteiger partial charge in [0, 0.05) is 19.0 Å². The van der Waals surface area contributed by atoms with Crippen molar-refractivity contribution in [2.24, 2.45) is 0 Å². The molecule has 1 unspecified atom stereocenters. The minimum absolute atomic E-state index is 0.00706. The lowest BCUT2D eigenvalue weighted by atomic mass is 10.1. The molecule has 2 aromatic rings. The summed E-state index contributed by atoms with van der Waals surface area (Å²) in [6, 6.07) is 6.88. The molecule has 1 aliphatic rings. The minimum atomic E-state index is -3.68. The van der Waals surface area contributed by atoms with Crippen molar-refractivity contribution in [3.8, 4) is 6.07 Å². The molecule has 2 heterocycles. The first kappa shape index (κ1) is 14.7. The molecular weight excluding hydrogens is 302 g/mol. The second-order valence-electron chi connectivity index (χ2n) is 5.28. The third-order valence-electron chi connectivity index (χ3n) is 3.94. The van der Waals surface area contributed by atoms with Gasteiger partial charge >= 0.3 is 0 Å². The molecule has 0 aliphatic carbocycles. The Hall–Kier alpha value is -2.24. The molecule has 0 amide bonds. The van der Waals surface area contributed by atoms with Gasteiger partial charge in [-0.15, -0.1) is 0 Å². The SMILES string of the molecule is Cc1cccc(S(=O)(=O)N2CCC(c3ncn[nH]3)C2)c1C#N. The molecule has 0 radical (unpaired) electrons. The monoisotopic (exact) mass is 317 g/mol. The standard InChI is InChI=1S/C14H15N5O2S/c1-10-3-2-4-13(12(10)7-15)22(20,21)19-6-5-11(8-19)14-16-9-17-18-14/h2-4,9,11H,5-6,8H2,1H3,(H,16,17,18). The molecule has 3 rings (SSSR count). The van der Waals surface area contributed by atoms with E-state index in [9.17, 15) is 13.7 Å². The van der Waals surface area contributed by atoms with Crippen molar-refractivity contribution in [3.05, 3.63) is 41.5 Å². The summed E-state index contributed by atoms with van der Waals surface area (Å²) in [5, 5.41) is 15.8. The normalized spacial score (nSPS) is 19.2. The van der Waals surface area contributed by atoms with Gasteiger partial charge in [0.15, 0.2) is 0 Å². The van der Waals surface area contributed by atoms with Crippen molar-refractivity contribution in [1.29, 1.82) is 5.26 Å². The Balaban J connectivity index is 1.92. The average molecular weight is 317 g/mol. The highest BCUT2D eigenvalue weighted by Crippen LogP contribution is 2.30. The number of aromatic amines is 1. The summed E-state index contributed by atoms with van der Waals surface area (Å²) >= 11 is 0. The molecule has 7 nitrogen and oxygen atoms in total. The van der Waals surface area contributed by atoms with Gasteiger partial charge in [0.1, 0.15) is 23.1 Å². The first-order valence-electron chi connectivity index (χ1n) is 6.89. The van der Waals surface area contributed by atoms with Crippen LogP contribution in [0.5, 0.6) is 0 Å². The lowest BCUT2D eigenvalue weighted by Crippen LogP contribution is -2.29. The molecule has 1 N–H and O–H groups in total. The highest BCUT2D eigenvalue weighted by atomic mass is 32.2. The fourth-order valence-corrected chi connectivity index (χ4v) is 4.43. The lowest BCUT2D eigenvalue weighted by molar-refractivity contribution is 0.471. The molecule has 114 valence electrons. The first-order valence-corrected chi connectivity index (χ1v) is 8.33. The van der Waals surface area contributed by atoms with Crippen LogP contribution in [-0.4, -0.2) is 41.0 Å². The summed E-state index contributed by atoms with van der Waals surface area (Å²) in [7, 11) is -3.68. The third kappa shape index (κ3) is 2.38. The topological polar surface area (TPSA) is 103 Å². The predicted molar refractivity (Wildman–Crippen MR) is 78.4 cm³/mol. The quantitative estimate of drug-likeness (QED) is 0.915. The van der Waals surface area contributed by atoms with Crippen molar-refractivity contribution in [3.63, 3.8) is 0 Å². The number of nitrogens with one attached hydrogen (secondary N) is 1. The van der Waals surface area contributed by atoms with Crippen LogP contribution in [0.4, 0.5) is 0 Å². The number of nitrogens with zero attached hydrogens (tertiary/aromatic N) is 4. The molecule has 1 atom stereocenters. The van der Waals surface area contributed by atoms with Crippen LogP contribution >= 0.6 is 0 Å². The number of sulfonamides is 1. The highest BCUT2D eigenvalue weighted by molar-refractivity contribution is 7.89. The maximum Gasteiger partial charge on any atom is 0.244 e. The number of rotatable bonds is 3. The Morgan fingerprint density at radius 3 is 2.95 bits per heavy atom. The van der Waals surface area contributed by atoms with Crippen molar-refractivity contribution in [1.82, 2.24) is 19.5 Å². The van der Waals surface area contributed by atoms with Crippen molar-refractivity contribution in [2.75, 3.05) is 13.1 Å². The van der Waals surface area contributed by atoms with Crippen LogP contribution < -0.4 is 0 Å². The van der Waals surface area contributed by atoms with Gasteiger partial charge in [-0.3, -0.25) is 5.10 Å². The number of hydrogen-bond donors (Lipinski definition) is 1. The zero-order valence-electron chi connectivity index (χ0n) is 12.0. The number of aryl methyl sites for hydroxylation is 1. The Labute approximate surface area is 128 Å².